The molecule has 0 fully saturated rings. The Bertz CT molecular complexity index is 2650. The first-order valence-electron chi connectivity index (χ1n) is 16.3. The van der Waals surface area contributed by atoms with E-state index in [1.165, 1.54) is 32.7 Å². The van der Waals surface area contributed by atoms with Crippen LogP contribution in [0.25, 0.3) is 71.9 Å². The molecule has 0 atom stereocenters. The molecule has 0 saturated heterocycles. The number of pyridine rings is 2. The SMILES string of the molecule is c1ccc(N2c3cc4c(cc3-c3ccc(-c5ccccn5)c5cccc2c35)c2cc(-c3ccccn3)ccc2n4-c2ccccc2)cc1. The van der Waals surface area contributed by atoms with Gasteiger partial charge in [0.05, 0.1) is 33.8 Å². The third-order valence-corrected chi connectivity index (χ3v) is 9.60. The average Bonchev–Trinajstić information content (AvgIpc) is 3.48. The minimum atomic E-state index is 0.967. The Morgan fingerprint density at radius 1 is 0.396 bits per heavy atom. The van der Waals surface area contributed by atoms with Gasteiger partial charge in [0.1, 0.15) is 0 Å². The number of aromatic nitrogens is 3. The Morgan fingerprint density at radius 3 is 1.83 bits per heavy atom. The fourth-order valence-electron chi connectivity index (χ4n) is 7.53. The molecule has 1 aliphatic rings. The Labute approximate surface area is 277 Å². The molecule has 3 aromatic heterocycles. The number of rotatable bonds is 4. The minimum absolute atomic E-state index is 0.967. The van der Waals surface area contributed by atoms with Gasteiger partial charge in [0.15, 0.2) is 0 Å². The third-order valence-electron chi connectivity index (χ3n) is 9.60. The fraction of sp³-hybridized carbons (Fsp3) is 0. The minimum Gasteiger partial charge on any atom is -0.309 e. The van der Waals surface area contributed by atoms with E-state index in [4.69, 9.17) is 4.98 Å². The number of hydrogen-bond acceptors (Lipinski definition) is 3. The Hall–Kier alpha value is -6.52. The molecule has 4 nitrogen and oxygen atoms in total. The summed E-state index contributed by atoms with van der Waals surface area (Å²) in [5, 5.41) is 4.84. The maximum atomic E-state index is 4.74. The van der Waals surface area contributed by atoms with E-state index in [1.807, 2.05) is 30.6 Å². The zero-order chi connectivity index (χ0) is 31.6. The van der Waals surface area contributed by atoms with Crippen LogP contribution in [0, 0.1) is 0 Å². The van der Waals surface area contributed by atoms with E-state index in [1.54, 1.807) is 0 Å². The van der Waals surface area contributed by atoms with Crippen LogP contribution >= 0.6 is 0 Å². The molecule has 4 heterocycles. The first-order chi connectivity index (χ1) is 23.8. The summed E-state index contributed by atoms with van der Waals surface area (Å²) < 4.78 is 2.40. The molecule has 1 aliphatic heterocycles. The van der Waals surface area contributed by atoms with Crippen LogP contribution in [0.15, 0.2) is 170 Å². The number of nitrogens with zero attached hydrogens (tertiary/aromatic N) is 4. The Kier molecular flexibility index (Phi) is 5.84. The van der Waals surface area contributed by atoms with E-state index in [0.717, 1.165) is 56.3 Å². The fourth-order valence-corrected chi connectivity index (χ4v) is 7.53. The molecule has 224 valence electrons. The van der Waals surface area contributed by atoms with Crippen molar-refractivity contribution in [2.75, 3.05) is 4.90 Å². The molecule has 0 spiro atoms. The lowest BCUT2D eigenvalue weighted by atomic mass is 9.87. The molecule has 6 aromatic carbocycles. The molecule has 0 N–H and O–H groups in total. The van der Waals surface area contributed by atoms with Crippen LogP contribution in [0.3, 0.4) is 0 Å². The molecule has 4 heteroatoms. The monoisotopic (exact) mass is 612 g/mol. The van der Waals surface area contributed by atoms with Crippen LogP contribution < -0.4 is 4.90 Å². The molecule has 48 heavy (non-hydrogen) atoms. The first kappa shape index (κ1) is 26.7. The number of hydrogen-bond donors (Lipinski definition) is 0. The van der Waals surface area contributed by atoms with Crippen LogP contribution in [-0.2, 0) is 0 Å². The molecule has 9 aromatic rings. The summed E-state index contributed by atoms with van der Waals surface area (Å²) in [5.74, 6) is 0. The second kappa shape index (κ2) is 10.5. The normalized spacial score (nSPS) is 12.1. The van der Waals surface area contributed by atoms with Crippen LogP contribution in [0.5, 0.6) is 0 Å². The third kappa shape index (κ3) is 3.96. The second-order valence-corrected chi connectivity index (χ2v) is 12.3. The van der Waals surface area contributed by atoms with E-state index in [9.17, 15) is 0 Å². The topological polar surface area (TPSA) is 34.0 Å². The summed E-state index contributed by atoms with van der Waals surface area (Å²) >= 11 is 0. The van der Waals surface area contributed by atoms with Gasteiger partial charge >= 0.3 is 0 Å². The standard InChI is InChI=1S/C44H28N4/c1-3-12-30(13-4-1)47-40-23-20-29(38-17-7-9-24-45-38)26-35(40)37-27-36-34-22-21-32(39-18-8-10-25-46-39)33-16-11-19-41(44(33)34)48(42(36)28-43(37)47)31-14-5-2-6-15-31/h1-28H. The van der Waals surface area contributed by atoms with E-state index >= 15 is 0 Å². The van der Waals surface area contributed by atoms with Crippen molar-refractivity contribution in [3.8, 4) is 39.3 Å². The lowest BCUT2D eigenvalue weighted by molar-refractivity contribution is 1.18. The summed E-state index contributed by atoms with van der Waals surface area (Å²) in [7, 11) is 0. The zero-order valence-electron chi connectivity index (χ0n) is 26.0. The van der Waals surface area contributed by atoms with E-state index < -0.39 is 0 Å². The van der Waals surface area contributed by atoms with Gasteiger partial charge in [0.2, 0.25) is 0 Å². The van der Waals surface area contributed by atoms with Gasteiger partial charge in [-0.2, -0.15) is 0 Å². The maximum absolute atomic E-state index is 4.74. The maximum Gasteiger partial charge on any atom is 0.0708 e. The van der Waals surface area contributed by atoms with Gasteiger partial charge in [-0.1, -0.05) is 78.9 Å². The summed E-state index contributed by atoms with van der Waals surface area (Å²) in [4.78, 5) is 11.9. The molecule has 0 unspecified atom stereocenters. The quantitative estimate of drug-likeness (QED) is 0.198. The van der Waals surface area contributed by atoms with Crippen molar-refractivity contribution in [3.05, 3.63) is 170 Å². The lowest BCUT2D eigenvalue weighted by Gasteiger charge is -2.34. The van der Waals surface area contributed by atoms with Gasteiger partial charge in [-0.3, -0.25) is 9.97 Å². The molecule has 0 bridgehead atoms. The van der Waals surface area contributed by atoms with Gasteiger partial charge in [0.25, 0.3) is 0 Å². The van der Waals surface area contributed by atoms with Crippen molar-refractivity contribution in [3.63, 3.8) is 0 Å². The Morgan fingerprint density at radius 2 is 1.08 bits per heavy atom. The van der Waals surface area contributed by atoms with Crippen molar-refractivity contribution in [1.82, 2.24) is 14.5 Å². The number of para-hydroxylation sites is 2. The Balaban J connectivity index is 1.33. The smallest absolute Gasteiger partial charge is 0.0708 e. The van der Waals surface area contributed by atoms with Gasteiger partial charge in [0, 0.05) is 56.6 Å². The summed E-state index contributed by atoms with van der Waals surface area (Å²) in [6.45, 7) is 0. The highest BCUT2D eigenvalue weighted by Crippen LogP contribution is 2.54. The highest BCUT2D eigenvalue weighted by Gasteiger charge is 2.29. The van der Waals surface area contributed by atoms with Crippen LogP contribution in [-0.4, -0.2) is 14.5 Å². The number of fused-ring (bicyclic) bond motifs is 5. The zero-order valence-corrected chi connectivity index (χ0v) is 26.0. The highest BCUT2D eigenvalue weighted by molar-refractivity contribution is 6.21. The van der Waals surface area contributed by atoms with Crippen LogP contribution in [0.4, 0.5) is 17.1 Å². The molecule has 10 rings (SSSR count). The van der Waals surface area contributed by atoms with Gasteiger partial charge in [-0.25, -0.2) is 0 Å². The largest absolute Gasteiger partial charge is 0.309 e. The van der Waals surface area contributed by atoms with Crippen molar-refractivity contribution < 1.29 is 0 Å². The van der Waals surface area contributed by atoms with Crippen molar-refractivity contribution in [2.45, 2.75) is 0 Å². The van der Waals surface area contributed by atoms with E-state index in [0.29, 0.717) is 0 Å². The first-order valence-corrected chi connectivity index (χ1v) is 16.3. The lowest BCUT2D eigenvalue weighted by Crippen LogP contribution is -2.15. The van der Waals surface area contributed by atoms with Crippen molar-refractivity contribution in [1.29, 1.82) is 0 Å². The molecule has 0 amide bonds. The van der Waals surface area contributed by atoms with Gasteiger partial charge in [-0.15, -0.1) is 0 Å². The second-order valence-electron chi connectivity index (χ2n) is 12.3. The van der Waals surface area contributed by atoms with Crippen molar-refractivity contribution >= 4 is 49.6 Å². The summed E-state index contributed by atoms with van der Waals surface area (Å²) in [6, 6.07) is 56.3. The van der Waals surface area contributed by atoms with Gasteiger partial charge < -0.3 is 9.47 Å². The average molecular weight is 613 g/mol. The predicted molar refractivity (Wildman–Crippen MR) is 198 cm³/mol. The van der Waals surface area contributed by atoms with E-state index in [-0.39, 0.29) is 0 Å². The predicted octanol–water partition coefficient (Wildman–Crippen LogP) is 11.5. The van der Waals surface area contributed by atoms with Gasteiger partial charge in [-0.05, 0) is 89.8 Å². The van der Waals surface area contributed by atoms with Crippen LogP contribution in [0.2, 0.25) is 0 Å². The van der Waals surface area contributed by atoms with Crippen LogP contribution in [0.1, 0.15) is 0 Å². The summed E-state index contributed by atoms with van der Waals surface area (Å²) in [6.07, 6.45) is 3.73. The number of anilines is 3. The molecule has 0 radical (unpaired) electrons. The molecular weight excluding hydrogens is 585 g/mol. The van der Waals surface area contributed by atoms with Crippen molar-refractivity contribution in [2.24, 2.45) is 0 Å². The van der Waals surface area contributed by atoms with E-state index in [2.05, 4.69) is 154 Å². The molecule has 0 aliphatic carbocycles. The molecular formula is C44H28N4. The molecule has 0 saturated carbocycles. The highest BCUT2D eigenvalue weighted by atomic mass is 15.2. The number of benzene rings is 6. The summed E-state index contributed by atoms with van der Waals surface area (Å²) in [5.41, 5.74) is 13.5.